The van der Waals surface area contributed by atoms with Crippen molar-refractivity contribution < 1.29 is 9.53 Å². The Morgan fingerprint density at radius 1 is 1.10 bits per heavy atom. The van der Waals surface area contributed by atoms with E-state index in [4.69, 9.17) is 15.5 Å². The molecule has 2 unspecified atom stereocenters. The molecular weight excluding hydrogens is 518 g/mol. The van der Waals surface area contributed by atoms with Gasteiger partial charge in [0.2, 0.25) is 0 Å². The number of aromatic nitrogens is 3. The minimum atomic E-state index is 0.0264. The predicted octanol–water partition coefficient (Wildman–Crippen LogP) is 5.90. The lowest BCUT2D eigenvalue weighted by Gasteiger charge is -2.27. The van der Waals surface area contributed by atoms with Crippen LogP contribution in [0.25, 0.3) is 43.9 Å². The predicted molar refractivity (Wildman–Crippen MR) is 160 cm³/mol. The maximum Gasteiger partial charge on any atom is 0.254 e. The summed E-state index contributed by atoms with van der Waals surface area (Å²) >= 11 is 1.78. The summed E-state index contributed by atoms with van der Waals surface area (Å²) in [5.74, 6) is 2.68. The summed E-state index contributed by atoms with van der Waals surface area (Å²) in [5.41, 5.74) is 12.3. The van der Waals surface area contributed by atoms with Crippen molar-refractivity contribution in [2.24, 2.45) is 24.6 Å². The number of aryl methyl sites for hydroxylation is 1. The number of nitrogens with zero attached hydrogens (tertiary/aromatic N) is 4. The maximum atomic E-state index is 13.7. The van der Waals surface area contributed by atoms with Crippen LogP contribution in [0.2, 0.25) is 0 Å². The second-order valence-electron chi connectivity index (χ2n) is 11.8. The Labute approximate surface area is 237 Å². The van der Waals surface area contributed by atoms with Crippen LogP contribution >= 0.6 is 11.3 Å². The van der Waals surface area contributed by atoms with Gasteiger partial charge in [-0.2, -0.15) is 0 Å². The molecule has 8 rings (SSSR count). The number of piperidine rings is 1. The van der Waals surface area contributed by atoms with Gasteiger partial charge in [-0.15, -0.1) is 11.3 Å². The van der Waals surface area contributed by atoms with E-state index in [2.05, 4.69) is 50.9 Å². The molecule has 0 spiro atoms. The zero-order chi connectivity index (χ0) is 27.1. The van der Waals surface area contributed by atoms with E-state index in [0.717, 1.165) is 48.5 Å². The molecule has 2 bridgehead atoms. The number of amides is 1. The molecule has 3 atom stereocenters. The van der Waals surface area contributed by atoms with Gasteiger partial charge < -0.3 is 24.5 Å². The molecule has 2 aliphatic carbocycles. The van der Waals surface area contributed by atoms with Crippen molar-refractivity contribution in [2.75, 3.05) is 13.7 Å². The molecular formula is C32H33N5O2S. The van der Waals surface area contributed by atoms with E-state index in [0.29, 0.717) is 23.1 Å². The number of carbonyl (C=O) groups is 1. The number of benzene rings is 2. The third-order valence-electron chi connectivity index (χ3n) is 9.39. The molecule has 2 aromatic carbocycles. The van der Waals surface area contributed by atoms with Gasteiger partial charge in [0, 0.05) is 53.6 Å². The van der Waals surface area contributed by atoms with Crippen molar-refractivity contribution in [3.8, 4) is 27.7 Å². The van der Waals surface area contributed by atoms with Crippen LogP contribution < -0.4 is 10.5 Å². The molecule has 204 valence electrons. The number of nitrogens with two attached hydrogens (primary N) is 1. The Hall–Kier alpha value is -3.62. The minimum absolute atomic E-state index is 0.0264. The van der Waals surface area contributed by atoms with E-state index in [1.54, 1.807) is 18.4 Å². The summed E-state index contributed by atoms with van der Waals surface area (Å²) in [4.78, 5) is 22.1. The van der Waals surface area contributed by atoms with Crippen LogP contribution in [0.1, 0.15) is 36.0 Å². The number of imidazole rings is 1. The van der Waals surface area contributed by atoms with Gasteiger partial charge in [0.25, 0.3) is 5.91 Å². The number of likely N-dealkylation sites (tertiary alicyclic amines) is 1. The van der Waals surface area contributed by atoms with Crippen molar-refractivity contribution in [2.45, 2.75) is 44.3 Å². The molecule has 1 amide bonds. The summed E-state index contributed by atoms with van der Waals surface area (Å²) in [7, 11) is 3.72. The largest absolute Gasteiger partial charge is 0.494 e. The Morgan fingerprint density at radius 2 is 1.98 bits per heavy atom. The van der Waals surface area contributed by atoms with Crippen LogP contribution in [0.5, 0.6) is 5.75 Å². The number of hydrogen-bond acceptors (Lipinski definition) is 5. The quantitative estimate of drug-likeness (QED) is 0.285. The van der Waals surface area contributed by atoms with Gasteiger partial charge in [-0.1, -0.05) is 24.3 Å². The van der Waals surface area contributed by atoms with Gasteiger partial charge in [0.15, 0.2) is 5.82 Å². The van der Waals surface area contributed by atoms with E-state index in [9.17, 15) is 4.79 Å². The highest BCUT2D eigenvalue weighted by Gasteiger charge is 2.47. The van der Waals surface area contributed by atoms with E-state index < -0.39 is 0 Å². The number of para-hydroxylation sites is 1. The van der Waals surface area contributed by atoms with Crippen LogP contribution in [0.4, 0.5) is 0 Å². The summed E-state index contributed by atoms with van der Waals surface area (Å²) in [6, 6.07) is 17.2. The molecule has 1 aliphatic heterocycles. The number of rotatable bonds is 6. The topological polar surface area (TPSA) is 78.3 Å². The number of ether oxygens (including phenoxy) is 1. The van der Waals surface area contributed by atoms with Crippen LogP contribution in [0, 0.1) is 11.8 Å². The van der Waals surface area contributed by atoms with E-state index in [-0.39, 0.29) is 18.0 Å². The lowest BCUT2D eigenvalue weighted by Crippen LogP contribution is -2.41. The molecule has 3 fully saturated rings. The standard InChI is InChI=1S/C32H33N5O2S/c1-35-30-23(13-21(15-26(30)39-2)32(38)37-17-20-10-11-24(37)28(20)33)34-31(35)25-14-19-5-3-6-22(27-7-4-12-40-27)29(19)36(25)16-18-8-9-18/h3-7,12-15,18,20,24,28H,8-11,16-17,33H2,1-2H3/t20?,24?,28-/m1/s1. The third kappa shape index (κ3) is 3.58. The molecule has 2 saturated carbocycles. The van der Waals surface area contributed by atoms with E-state index in [1.807, 2.05) is 24.1 Å². The van der Waals surface area contributed by atoms with E-state index >= 15 is 0 Å². The molecule has 40 heavy (non-hydrogen) atoms. The second kappa shape index (κ2) is 8.94. The Morgan fingerprint density at radius 3 is 2.67 bits per heavy atom. The number of hydrogen-bond donors (Lipinski definition) is 1. The smallest absolute Gasteiger partial charge is 0.254 e. The van der Waals surface area contributed by atoms with Gasteiger partial charge >= 0.3 is 0 Å². The van der Waals surface area contributed by atoms with Crippen molar-refractivity contribution in [1.82, 2.24) is 19.0 Å². The lowest BCUT2D eigenvalue weighted by atomic mass is 10.1. The zero-order valence-corrected chi connectivity index (χ0v) is 23.7. The Bertz CT molecular complexity index is 1780. The van der Waals surface area contributed by atoms with Gasteiger partial charge in [-0.05, 0) is 67.2 Å². The second-order valence-corrected chi connectivity index (χ2v) is 12.7. The minimum Gasteiger partial charge on any atom is -0.494 e. The van der Waals surface area contributed by atoms with Crippen molar-refractivity contribution in [3.63, 3.8) is 0 Å². The lowest BCUT2D eigenvalue weighted by molar-refractivity contribution is 0.0700. The monoisotopic (exact) mass is 551 g/mol. The van der Waals surface area contributed by atoms with Gasteiger partial charge in [0.1, 0.15) is 11.3 Å². The number of thiophene rings is 1. The van der Waals surface area contributed by atoms with Gasteiger partial charge in [-0.25, -0.2) is 4.98 Å². The molecule has 7 nitrogen and oxygen atoms in total. The van der Waals surface area contributed by atoms with Crippen molar-refractivity contribution >= 4 is 39.2 Å². The third-order valence-corrected chi connectivity index (χ3v) is 10.3. The number of carbonyl (C=O) groups excluding carboxylic acids is 1. The molecule has 1 saturated heterocycles. The fraction of sp³-hybridized carbons (Fsp3) is 0.375. The normalized spacial score (nSPS) is 22.2. The van der Waals surface area contributed by atoms with Crippen molar-refractivity contribution in [1.29, 1.82) is 0 Å². The average Bonchev–Trinajstić information content (AvgIpc) is 3.35. The zero-order valence-electron chi connectivity index (χ0n) is 22.8. The van der Waals surface area contributed by atoms with Crippen LogP contribution in [-0.4, -0.2) is 50.7 Å². The summed E-state index contributed by atoms with van der Waals surface area (Å²) < 4.78 is 10.5. The van der Waals surface area contributed by atoms with Crippen LogP contribution in [-0.2, 0) is 13.6 Å². The van der Waals surface area contributed by atoms with E-state index in [1.165, 1.54) is 34.2 Å². The number of fused-ring (bicyclic) bond motifs is 4. The summed E-state index contributed by atoms with van der Waals surface area (Å²) in [6.45, 7) is 1.72. The molecule has 3 aliphatic rings. The maximum absolute atomic E-state index is 13.7. The SMILES string of the molecule is COc1cc(C(=O)N2CC3CCC2[C@@H]3N)cc2nc(-c3cc4cccc(-c5cccs5)c4n3CC3CC3)n(C)c12. The first-order valence-corrected chi connectivity index (χ1v) is 15.2. The molecule has 5 aromatic rings. The molecule has 8 heteroatoms. The fourth-order valence-electron chi connectivity index (χ4n) is 7.16. The first-order chi connectivity index (χ1) is 19.5. The summed E-state index contributed by atoms with van der Waals surface area (Å²) in [5, 5.41) is 3.36. The molecule has 2 N–H and O–H groups in total. The Kier molecular flexibility index (Phi) is 5.41. The number of methoxy groups -OCH3 is 1. The highest BCUT2D eigenvalue weighted by atomic mass is 32.1. The summed E-state index contributed by atoms with van der Waals surface area (Å²) in [6.07, 6.45) is 4.64. The van der Waals surface area contributed by atoms with Gasteiger partial charge in [-0.3, -0.25) is 4.79 Å². The van der Waals surface area contributed by atoms with Crippen molar-refractivity contribution in [3.05, 3.63) is 59.5 Å². The first kappa shape index (κ1) is 24.2. The fourth-order valence-corrected chi connectivity index (χ4v) is 7.91. The van der Waals surface area contributed by atoms with Crippen LogP contribution in [0.15, 0.2) is 53.9 Å². The molecule has 3 aromatic heterocycles. The van der Waals surface area contributed by atoms with Gasteiger partial charge in [0.05, 0.1) is 23.8 Å². The van der Waals surface area contributed by atoms with Crippen LogP contribution in [0.3, 0.4) is 0 Å². The first-order valence-electron chi connectivity index (χ1n) is 14.3. The molecule has 0 radical (unpaired) electrons. The Balaban J connectivity index is 1.28. The molecule has 4 heterocycles. The highest BCUT2D eigenvalue weighted by molar-refractivity contribution is 7.13. The highest BCUT2D eigenvalue weighted by Crippen LogP contribution is 2.42. The average molecular weight is 552 g/mol.